The summed E-state index contributed by atoms with van der Waals surface area (Å²) in [7, 11) is 1.67. The number of nitrogens with zero attached hydrogens (tertiary/aromatic N) is 3. The highest BCUT2D eigenvalue weighted by Gasteiger charge is 2.22. The summed E-state index contributed by atoms with van der Waals surface area (Å²) in [6.07, 6.45) is 0. The SMILES string of the molecule is COc1ccc(N2CCN(c3nc(C(=O)N[C@H](C)c4ccc(F)cc4)cs3)CC2)cc1. The number of rotatable bonds is 6. The number of thiazole rings is 1. The summed E-state index contributed by atoms with van der Waals surface area (Å²) >= 11 is 1.48. The molecule has 1 aliphatic heterocycles. The number of aromatic nitrogens is 1. The van der Waals surface area contributed by atoms with Crippen LogP contribution in [-0.4, -0.2) is 44.2 Å². The van der Waals surface area contributed by atoms with E-state index in [1.54, 1.807) is 24.6 Å². The van der Waals surface area contributed by atoms with Gasteiger partial charge in [-0.3, -0.25) is 4.79 Å². The Morgan fingerprint density at radius 1 is 1.06 bits per heavy atom. The molecule has 0 bridgehead atoms. The average molecular weight is 441 g/mol. The van der Waals surface area contributed by atoms with E-state index in [2.05, 4.69) is 32.2 Å². The molecule has 0 radical (unpaired) electrons. The van der Waals surface area contributed by atoms with Crippen molar-refractivity contribution in [3.8, 4) is 5.75 Å². The van der Waals surface area contributed by atoms with Gasteiger partial charge < -0.3 is 19.9 Å². The molecule has 4 rings (SSSR count). The van der Waals surface area contributed by atoms with Crippen molar-refractivity contribution in [2.45, 2.75) is 13.0 Å². The molecule has 1 aromatic heterocycles. The zero-order valence-corrected chi connectivity index (χ0v) is 18.4. The van der Waals surface area contributed by atoms with Crippen LogP contribution in [0.3, 0.4) is 0 Å². The van der Waals surface area contributed by atoms with Crippen LogP contribution in [0.2, 0.25) is 0 Å². The Morgan fingerprint density at radius 2 is 1.71 bits per heavy atom. The predicted molar refractivity (Wildman–Crippen MR) is 122 cm³/mol. The Bertz CT molecular complexity index is 1010. The molecular formula is C23H25FN4O2S. The van der Waals surface area contributed by atoms with Gasteiger partial charge in [0.1, 0.15) is 17.3 Å². The molecule has 1 atom stereocenters. The summed E-state index contributed by atoms with van der Waals surface area (Å²) < 4.78 is 18.3. The summed E-state index contributed by atoms with van der Waals surface area (Å²) in [5, 5.41) is 5.58. The number of benzene rings is 2. The molecule has 2 aromatic carbocycles. The molecule has 1 fully saturated rings. The lowest BCUT2D eigenvalue weighted by Crippen LogP contribution is -2.46. The molecule has 0 spiro atoms. The lowest BCUT2D eigenvalue weighted by Gasteiger charge is -2.36. The highest BCUT2D eigenvalue weighted by Crippen LogP contribution is 2.25. The van der Waals surface area contributed by atoms with Crippen molar-refractivity contribution in [2.24, 2.45) is 0 Å². The molecule has 0 aliphatic carbocycles. The molecule has 1 N–H and O–H groups in total. The smallest absolute Gasteiger partial charge is 0.271 e. The van der Waals surface area contributed by atoms with Gasteiger partial charge >= 0.3 is 0 Å². The Hall–Kier alpha value is -3.13. The van der Waals surface area contributed by atoms with E-state index in [0.717, 1.165) is 42.6 Å². The topological polar surface area (TPSA) is 57.7 Å². The van der Waals surface area contributed by atoms with Crippen molar-refractivity contribution in [2.75, 3.05) is 43.1 Å². The maximum absolute atomic E-state index is 13.1. The minimum absolute atomic E-state index is 0.226. The molecular weight excluding hydrogens is 415 g/mol. The zero-order chi connectivity index (χ0) is 21.8. The fourth-order valence-electron chi connectivity index (χ4n) is 3.57. The monoisotopic (exact) mass is 440 g/mol. The van der Waals surface area contributed by atoms with Crippen molar-refractivity contribution >= 4 is 28.1 Å². The maximum Gasteiger partial charge on any atom is 0.271 e. The largest absolute Gasteiger partial charge is 0.497 e. The summed E-state index contributed by atoms with van der Waals surface area (Å²) in [5.74, 6) is 0.333. The lowest BCUT2D eigenvalue weighted by molar-refractivity contribution is 0.0935. The number of anilines is 2. The van der Waals surface area contributed by atoms with E-state index < -0.39 is 0 Å². The average Bonchev–Trinajstić information content (AvgIpc) is 3.30. The first-order valence-corrected chi connectivity index (χ1v) is 11.1. The van der Waals surface area contributed by atoms with Gasteiger partial charge in [-0.1, -0.05) is 12.1 Å². The number of methoxy groups -OCH3 is 1. The van der Waals surface area contributed by atoms with Crippen molar-refractivity contribution in [3.05, 3.63) is 71.0 Å². The summed E-state index contributed by atoms with van der Waals surface area (Å²) in [6.45, 7) is 5.32. The lowest BCUT2D eigenvalue weighted by atomic mass is 10.1. The maximum atomic E-state index is 13.1. The molecule has 2 heterocycles. The van der Waals surface area contributed by atoms with Gasteiger partial charge in [-0.15, -0.1) is 11.3 Å². The number of carbonyl (C=O) groups is 1. The number of halogens is 1. The van der Waals surface area contributed by atoms with Gasteiger partial charge in [0, 0.05) is 37.2 Å². The highest BCUT2D eigenvalue weighted by molar-refractivity contribution is 7.13. The van der Waals surface area contributed by atoms with Crippen molar-refractivity contribution in [1.29, 1.82) is 0 Å². The zero-order valence-electron chi connectivity index (χ0n) is 17.5. The number of hydrogen-bond acceptors (Lipinski definition) is 6. The predicted octanol–water partition coefficient (Wildman–Crippen LogP) is 4.11. The van der Waals surface area contributed by atoms with Crippen LogP contribution < -0.4 is 19.9 Å². The molecule has 3 aromatic rings. The Kier molecular flexibility index (Phi) is 6.36. The van der Waals surface area contributed by atoms with E-state index in [9.17, 15) is 9.18 Å². The first-order valence-electron chi connectivity index (χ1n) is 10.2. The molecule has 1 saturated heterocycles. The number of amides is 1. The second kappa shape index (κ2) is 9.34. The summed E-state index contributed by atoms with van der Waals surface area (Å²) in [4.78, 5) is 21.7. The van der Waals surface area contributed by atoms with Crippen LogP contribution in [0.4, 0.5) is 15.2 Å². The van der Waals surface area contributed by atoms with Gasteiger partial charge in [0.2, 0.25) is 0 Å². The Labute approximate surface area is 185 Å². The van der Waals surface area contributed by atoms with Crippen LogP contribution in [0.25, 0.3) is 0 Å². The second-order valence-electron chi connectivity index (χ2n) is 7.43. The molecule has 162 valence electrons. The van der Waals surface area contributed by atoms with Gasteiger partial charge in [-0.2, -0.15) is 0 Å². The van der Waals surface area contributed by atoms with Gasteiger partial charge in [0.25, 0.3) is 5.91 Å². The van der Waals surface area contributed by atoms with E-state index in [1.165, 1.54) is 29.2 Å². The van der Waals surface area contributed by atoms with Crippen LogP contribution in [0.1, 0.15) is 29.0 Å². The van der Waals surface area contributed by atoms with Gasteiger partial charge in [0.15, 0.2) is 5.13 Å². The third-order valence-corrected chi connectivity index (χ3v) is 6.33. The Balaban J connectivity index is 1.33. The summed E-state index contributed by atoms with van der Waals surface area (Å²) in [6, 6.07) is 14.0. The molecule has 0 saturated carbocycles. The second-order valence-corrected chi connectivity index (χ2v) is 8.27. The van der Waals surface area contributed by atoms with Crippen LogP contribution in [0.15, 0.2) is 53.9 Å². The number of nitrogens with one attached hydrogen (secondary N) is 1. The number of carbonyl (C=O) groups excluding carboxylic acids is 1. The van der Waals surface area contributed by atoms with Crippen LogP contribution in [-0.2, 0) is 0 Å². The number of ether oxygens (including phenoxy) is 1. The molecule has 0 unspecified atom stereocenters. The Morgan fingerprint density at radius 3 is 2.35 bits per heavy atom. The van der Waals surface area contributed by atoms with Crippen LogP contribution >= 0.6 is 11.3 Å². The van der Waals surface area contributed by atoms with Gasteiger partial charge in [-0.25, -0.2) is 9.37 Å². The summed E-state index contributed by atoms with van der Waals surface area (Å²) in [5.41, 5.74) is 2.43. The van der Waals surface area contributed by atoms with Gasteiger partial charge in [-0.05, 0) is 48.9 Å². The van der Waals surface area contributed by atoms with Gasteiger partial charge in [0.05, 0.1) is 13.2 Å². The first kappa shape index (κ1) is 21.1. The van der Waals surface area contributed by atoms with E-state index in [1.807, 2.05) is 19.1 Å². The third kappa shape index (κ3) is 4.96. The van der Waals surface area contributed by atoms with E-state index >= 15 is 0 Å². The normalized spacial score (nSPS) is 14.9. The quantitative estimate of drug-likeness (QED) is 0.625. The van der Waals surface area contributed by atoms with Crippen LogP contribution in [0.5, 0.6) is 5.75 Å². The van der Waals surface area contributed by atoms with Crippen molar-refractivity contribution in [3.63, 3.8) is 0 Å². The molecule has 1 aliphatic rings. The third-order valence-electron chi connectivity index (χ3n) is 5.43. The first-order chi connectivity index (χ1) is 15.0. The van der Waals surface area contributed by atoms with Crippen molar-refractivity contribution < 1.29 is 13.9 Å². The van der Waals surface area contributed by atoms with E-state index in [0.29, 0.717) is 5.69 Å². The number of hydrogen-bond donors (Lipinski definition) is 1. The number of piperazine rings is 1. The minimum Gasteiger partial charge on any atom is -0.497 e. The van der Waals surface area contributed by atoms with E-state index in [4.69, 9.17) is 4.74 Å². The minimum atomic E-state index is -0.293. The molecule has 8 heteroatoms. The standard InChI is InChI=1S/C23H25FN4O2S/c1-16(17-3-5-18(24)6-4-17)25-22(29)21-15-31-23(26-21)28-13-11-27(12-14-28)19-7-9-20(30-2)10-8-19/h3-10,15-16H,11-14H2,1-2H3,(H,25,29)/t16-/m1/s1. The van der Waals surface area contributed by atoms with Crippen LogP contribution in [0, 0.1) is 5.82 Å². The fourth-order valence-corrected chi connectivity index (χ4v) is 4.43. The highest BCUT2D eigenvalue weighted by atomic mass is 32.1. The molecule has 1 amide bonds. The van der Waals surface area contributed by atoms with E-state index in [-0.39, 0.29) is 17.8 Å². The van der Waals surface area contributed by atoms with Crippen molar-refractivity contribution in [1.82, 2.24) is 10.3 Å². The molecule has 6 nitrogen and oxygen atoms in total. The molecule has 31 heavy (non-hydrogen) atoms. The fraction of sp³-hybridized carbons (Fsp3) is 0.304.